The Balaban J connectivity index is 1.77. The molecule has 1 spiro atoms. The van der Waals surface area contributed by atoms with Gasteiger partial charge in [0.15, 0.2) is 0 Å². The van der Waals surface area contributed by atoms with Crippen LogP contribution in [0.25, 0.3) is 0 Å². The lowest BCUT2D eigenvalue weighted by Crippen LogP contribution is -2.48. The maximum atomic E-state index is 3.69. The van der Waals surface area contributed by atoms with E-state index in [-0.39, 0.29) is 0 Å². The molecule has 15 heavy (non-hydrogen) atoms. The van der Waals surface area contributed by atoms with Gasteiger partial charge >= 0.3 is 0 Å². The van der Waals surface area contributed by atoms with Crippen molar-refractivity contribution in [2.45, 2.75) is 65.3 Å². The molecule has 1 nitrogen and oxygen atoms in total. The first-order valence-electron chi connectivity index (χ1n) is 6.81. The van der Waals surface area contributed by atoms with Crippen LogP contribution in [0.15, 0.2) is 0 Å². The van der Waals surface area contributed by atoms with Crippen LogP contribution >= 0.6 is 0 Å². The van der Waals surface area contributed by atoms with E-state index in [1.54, 1.807) is 0 Å². The summed E-state index contributed by atoms with van der Waals surface area (Å²) in [5, 5.41) is 3.69. The topological polar surface area (TPSA) is 12.0 Å². The van der Waals surface area contributed by atoms with E-state index in [0.717, 1.165) is 22.3 Å². The third kappa shape index (κ3) is 1.03. The van der Waals surface area contributed by atoms with Gasteiger partial charge in [-0.3, -0.25) is 0 Å². The molecule has 0 amide bonds. The lowest BCUT2D eigenvalue weighted by molar-refractivity contribution is -0.0270. The Morgan fingerprint density at radius 2 is 2.13 bits per heavy atom. The van der Waals surface area contributed by atoms with Gasteiger partial charge in [-0.15, -0.1) is 0 Å². The Morgan fingerprint density at radius 1 is 1.33 bits per heavy atom. The molecule has 86 valence electrons. The van der Waals surface area contributed by atoms with Gasteiger partial charge in [0.1, 0.15) is 0 Å². The van der Waals surface area contributed by atoms with Crippen LogP contribution in [0.3, 0.4) is 0 Å². The van der Waals surface area contributed by atoms with E-state index < -0.39 is 0 Å². The number of unbranched alkanes of at least 4 members (excludes halogenated alkanes) is 1. The van der Waals surface area contributed by atoms with Crippen LogP contribution in [0.2, 0.25) is 0 Å². The predicted octanol–water partition coefficient (Wildman–Crippen LogP) is 3.34. The van der Waals surface area contributed by atoms with E-state index in [9.17, 15) is 0 Å². The summed E-state index contributed by atoms with van der Waals surface area (Å²) in [4.78, 5) is 0. The molecule has 1 heterocycles. The van der Waals surface area contributed by atoms with E-state index in [1.807, 2.05) is 0 Å². The zero-order chi connectivity index (χ0) is 10.7. The molecule has 2 aliphatic carbocycles. The van der Waals surface area contributed by atoms with Crippen molar-refractivity contribution in [3.05, 3.63) is 0 Å². The summed E-state index contributed by atoms with van der Waals surface area (Å²) in [6.45, 7) is 8.54. The molecule has 4 unspecified atom stereocenters. The largest absolute Gasteiger partial charge is 0.314 e. The summed E-state index contributed by atoms with van der Waals surface area (Å²) in [5.74, 6) is 0. The van der Waals surface area contributed by atoms with Gasteiger partial charge in [-0.2, -0.15) is 0 Å². The molecule has 4 atom stereocenters. The van der Waals surface area contributed by atoms with Gasteiger partial charge in [-0.1, -0.05) is 26.7 Å². The number of hydrogen-bond donors (Lipinski definition) is 1. The first kappa shape index (κ1) is 10.1. The molecule has 3 fully saturated rings. The lowest BCUT2D eigenvalue weighted by Gasteiger charge is -2.52. The highest BCUT2D eigenvalue weighted by molar-refractivity contribution is 5.32. The molecule has 1 saturated heterocycles. The Morgan fingerprint density at radius 3 is 2.60 bits per heavy atom. The highest BCUT2D eigenvalue weighted by atomic mass is 15.0. The quantitative estimate of drug-likeness (QED) is 0.748. The molecular weight excluding hydrogens is 182 g/mol. The summed E-state index contributed by atoms with van der Waals surface area (Å²) in [5.41, 5.74) is 2.25. The van der Waals surface area contributed by atoms with E-state index in [4.69, 9.17) is 0 Å². The fourth-order valence-corrected chi connectivity index (χ4v) is 5.22. The molecule has 1 aliphatic heterocycles. The molecule has 0 bridgehead atoms. The number of rotatable bonds is 3. The summed E-state index contributed by atoms with van der Waals surface area (Å²) in [6, 6.07) is 0.772. The predicted molar refractivity (Wildman–Crippen MR) is 63.8 cm³/mol. The van der Waals surface area contributed by atoms with Crippen LogP contribution in [-0.4, -0.2) is 12.6 Å². The zero-order valence-corrected chi connectivity index (χ0v) is 10.5. The first-order chi connectivity index (χ1) is 7.08. The van der Waals surface area contributed by atoms with Gasteiger partial charge in [0.05, 0.1) is 0 Å². The van der Waals surface area contributed by atoms with Crippen LogP contribution in [0.5, 0.6) is 0 Å². The lowest BCUT2D eigenvalue weighted by atomic mass is 9.52. The summed E-state index contributed by atoms with van der Waals surface area (Å²) in [6.07, 6.45) is 8.83. The van der Waals surface area contributed by atoms with Gasteiger partial charge in [0.2, 0.25) is 0 Å². The van der Waals surface area contributed by atoms with Gasteiger partial charge < -0.3 is 5.32 Å². The second-order valence-electron chi connectivity index (χ2n) is 6.87. The van der Waals surface area contributed by atoms with Crippen LogP contribution < -0.4 is 5.32 Å². The maximum absolute atomic E-state index is 3.69. The number of fused-ring (bicyclic) bond motifs is 2. The molecule has 0 aromatic carbocycles. The number of nitrogens with one attached hydrogen (secondary N) is 1. The van der Waals surface area contributed by atoms with E-state index >= 15 is 0 Å². The molecule has 0 aromatic rings. The summed E-state index contributed by atoms with van der Waals surface area (Å²) < 4.78 is 0. The molecule has 0 radical (unpaired) electrons. The monoisotopic (exact) mass is 207 g/mol. The van der Waals surface area contributed by atoms with Crippen molar-refractivity contribution in [2.75, 3.05) is 6.54 Å². The highest BCUT2D eigenvalue weighted by Gasteiger charge is 2.82. The van der Waals surface area contributed by atoms with Crippen molar-refractivity contribution in [1.82, 2.24) is 5.32 Å². The van der Waals surface area contributed by atoms with Gasteiger partial charge in [-0.25, -0.2) is 0 Å². The number of hydrogen-bond acceptors (Lipinski definition) is 1. The molecule has 1 heteroatoms. The third-order valence-corrected chi connectivity index (χ3v) is 5.91. The Hall–Kier alpha value is -0.0400. The van der Waals surface area contributed by atoms with Crippen LogP contribution in [0, 0.1) is 16.2 Å². The fraction of sp³-hybridized carbons (Fsp3) is 1.00. The Kier molecular flexibility index (Phi) is 1.89. The minimum atomic E-state index is 0.719. The molecular formula is C14H25N. The normalized spacial score (nSPS) is 56.6. The van der Waals surface area contributed by atoms with Crippen molar-refractivity contribution < 1.29 is 0 Å². The average molecular weight is 207 g/mol. The Labute approximate surface area is 94.0 Å². The van der Waals surface area contributed by atoms with Crippen molar-refractivity contribution in [2.24, 2.45) is 16.2 Å². The van der Waals surface area contributed by atoms with Crippen molar-refractivity contribution in [1.29, 1.82) is 0 Å². The highest BCUT2D eigenvalue weighted by Crippen LogP contribution is 2.88. The molecule has 1 N–H and O–H groups in total. The van der Waals surface area contributed by atoms with Crippen molar-refractivity contribution in [3.8, 4) is 0 Å². The van der Waals surface area contributed by atoms with Gasteiger partial charge in [0, 0.05) is 12.6 Å². The van der Waals surface area contributed by atoms with Crippen LogP contribution in [0.1, 0.15) is 59.3 Å². The third-order valence-electron chi connectivity index (χ3n) is 5.91. The smallest absolute Gasteiger partial charge is 0.00449 e. The fourth-order valence-electron chi connectivity index (χ4n) is 5.22. The Bertz CT molecular complexity index is 283. The zero-order valence-electron chi connectivity index (χ0n) is 10.5. The average Bonchev–Trinajstić information content (AvgIpc) is 2.52. The first-order valence-corrected chi connectivity index (χ1v) is 6.81. The van der Waals surface area contributed by atoms with Gasteiger partial charge in [0.25, 0.3) is 0 Å². The van der Waals surface area contributed by atoms with Crippen molar-refractivity contribution >= 4 is 0 Å². The van der Waals surface area contributed by atoms with Crippen LogP contribution in [0.4, 0.5) is 0 Å². The summed E-state index contributed by atoms with van der Waals surface area (Å²) >= 11 is 0. The maximum Gasteiger partial charge on any atom is 0.00449 e. The van der Waals surface area contributed by atoms with E-state index in [0.29, 0.717) is 0 Å². The molecule has 3 rings (SSSR count). The SMILES string of the molecule is CCCCC12CC1(C)CC21CNC(C)C1. The minimum Gasteiger partial charge on any atom is -0.314 e. The standard InChI is InChI=1S/C14H25N/c1-4-5-6-14-9-12(14,3)8-13(14)7-11(2)15-10-13/h11,15H,4-10H2,1-3H3. The molecule has 0 aromatic heterocycles. The second kappa shape index (κ2) is 2.80. The molecule has 3 aliphatic rings. The molecule has 2 saturated carbocycles. The van der Waals surface area contributed by atoms with E-state index in [1.165, 1.54) is 45.1 Å². The van der Waals surface area contributed by atoms with Gasteiger partial charge in [-0.05, 0) is 48.9 Å². The second-order valence-corrected chi connectivity index (χ2v) is 6.87. The van der Waals surface area contributed by atoms with E-state index in [2.05, 4.69) is 26.1 Å². The van der Waals surface area contributed by atoms with Crippen molar-refractivity contribution in [3.63, 3.8) is 0 Å². The van der Waals surface area contributed by atoms with Crippen LogP contribution in [-0.2, 0) is 0 Å². The minimum absolute atomic E-state index is 0.719. The summed E-state index contributed by atoms with van der Waals surface area (Å²) in [7, 11) is 0.